The highest BCUT2D eigenvalue weighted by Gasteiger charge is 2.26. The number of fused-ring (bicyclic) bond motifs is 1. The van der Waals surface area contributed by atoms with Gasteiger partial charge in [0, 0.05) is 17.4 Å². The van der Waals surface area contributed by atoms with E-state index in [-0.39, 0.29) is 60.6 Å². The number of halogens is 3. The predicted octanol–water partition coefficient (Wildman–Crippen LogP) is 4.33. The first-order chi connectivity index (χ1) is 15.7. The van der Waals surface area contributed by atoms with Gasteiger partial charge in [0.25, 0.3) is 0 Å². The van der Waals surface area contributed by atoms with Crippen molar-refractivity contribution >= 4 is 77.1 Å². The van der Waals surface area contributed by atoms with Gasteiger partial charge in [-0.1, -0.05) is 13.8 Å². The first-order valence-corrected chi connectivity index (χ1v) is 11.6. The van der Waals surface area contributed by atoms with Crippen molar-refractivity contribution in [3.05, 3.63) is 23.9 Å². The number of phenolic OH excluding ortho intramolecular Hbond substituents is 1. The molecule has 0 spiro atoms. The van der Waals surface area contributed by atoms with Crippen LogP contribution in [0.3, 0.4) is 0 Å². The summed E-state index contributed by atoms with van der Waals surface area (Å²) < 4.78 is 0. The van der Waals surface area contributed by atoms with Crippen LogP contribution in [0.2, 0.25) is 0 Å². The molecule has 1 aliphatic heterocycles. The summed E-state index contributed by atoms with van der Waals surface area (Å²) in [5.74, 6) is 0.229. The predicted molar refractivity (Wildman–Crippen MR) is 157 cm³/mol. The second-order valence-corrected chi connectivity index (χ2v) is 8.50. The van der Waals surface area contributed by atoms with Crippen LogP contribution < -0.4 is 16.4 Å². The van der Waals surface area contributed by atoms with Crippen molar-refractivity contribution in [2.75, 3.05) is 30.7 Å². The van der Waals surface area contributed by atoms with Gasteiger partial charge in [0.05, 0.1) is 16.6 Å². The Morgan fingerprint density at radius 1 is 1.19 bits per heavy atom. The molecule has 2 unspecified atom stereocenters. The fourth-order valence-electron chi connectivity index (χ4n) is 3.95. The summed E-state index contributed by atoms with van der Waals surface area (Å²) in [7, 11) is 0. The number of nitrogens with two attached hydrogens (primary N) is 1. The van der Waals surface area contributed by atoms with Crippen LogP contribution in [0.4, 0.5) is 11.4 Å². The minimum Gasteiger partial charge on any atom is -0.505 e. The van der Waals surface area contributed by atoms with Crippen LogP contribution in [0, 0.1) is 6.92 Å². The lowest BCUT2D eigenvalue weighted by molar-refractivity contribution is -0.113. The zero-order valence-electron chi connectivity index (χ0n) is 21.4. The van der Waals surface area contributed by atoms with Gasteiger partial charge in [-0.2, -0.15) is 4.99 Å². The molecule has 2 aromatic rings. The van der Waals surface area contributed by atoms with Crippen molar-refractivity contribution in [1.29, 1.82) is 0 Å². The second-order valence-electron chi connectivity index (χ2n) is 8.50. The quantitative estimate of drug-likeness (QED) is 0.352. The lowest BCUT2D eigenvalue weighted by Crippen LogP contribution is -2.41. The third-order valence-electron chi connectivity index (χ3n) is 5.89. The Kier molecular flexibility index (Phi) is 14.1. The summed E-state index contributed by atoms with van der Waals surface area (Å²) in [4.78, 5) is 28.3. The Balaban J connectivity index is 0.00000408. The van der Waals surface area contributed by atoms with Gasteiger partial charge in [-0.15, -0.1) is 37.2 Å². The van der Waals surface area contributed by atoms with Gasteiger partial charge < -0.3 is 26.4 Å². The molecule has 2 atom stereocenters. The number of carbonyl (C=O) groups is 1. The number of guanidine groups is 1. The first-order valence-electron chi connectivity index (χ1n) is 11.6. The average Bonchev–Trinajstić information content (AvgIpc) is 2.76. The van der Waals surface area contributed by atoms with Crippen molar-refractivity contribution in [2.45, 2.75) is 59.5 Å². The number of aliphatic imine (C=N–C) groups is 2. The zero-order valence-corrected chi connectivity index (χ0v) is 23.8. The molecule has 2 heterocycles. The van der Waals surface area contributed by atoms with E-state index in [0.29, 0.717) is 28.2 Å². The minimum absolute atomic E-state index is 0. The number of ketones is 1. The number of nitrogens with one attached hydrogen (secondary N) is 2. The number of amidine groups is 1. The van der Waals surface area contributed by atoms with E-state index in [4.69, 9.17) is 5.73 Å². The number of carbonyl (C=O) groups excluding carboxylic acids is 1. The number of anilines is 2. The molecule has 3 rings (SSSR count). The number of hydrogen-bond acceptors (Lipinski definition) is 9. The summed E-state index contributed by atoms with van der Waals surface area (Å²) in [6.07, 6.45) is 2.03. The molecule has 1 aromatic carbocycles. The van der Waals surface area contributed by atoms with Crippen LogP contribution >= 0.6 is 37.2 Å². The highest BCUT2D eigenvalue weighted by atomic mass is 35.5. The standard InChI is InChI=1S/C24H35N7O2.3ClH/c1-6-31(7-2)12-8-9-14(3)27-24-28-16(5)21(32)23(30-24)29-19-11-10-18-20(22(19)33)17(25)13-15(4)26-18;;;/h10-11,13-14,16,33H,6-9,12H2,1-5H3,(H2,25,26)(H2,27,28,29,30);3*1H. The van der Waals surface area contributed by atoms with Crippen LogP contribution in [0.25, 0.3) is 10.9 Å². The van der Waals surface area contributed by atoms with E-state index in [1.54, 1.807) is 25.1 Å². The van der Waals surface area contributed by atoms with E-state index in [9.17, 15) is 9.90 Å². The van der Waals surface area contributed by atoms with E-state index < -0.39 is 6.04 Å². The molecule has 36 heavy (non-hydrogen) atoms. The highest BCUT2D eigenvalue weighted by molar-refractivity contribution is 6.47. The van der Waals surface area contributed by atoms with E-state index in [1.807, 2.05) is 6.92 Å². The Labute approximate surface area is 231 Å². The van der Waals surface area contributed by atoms with Gasteiger partial charge in [-0.3, -0.25) is 9.78 Å². The van der Waals surface area contributed by atoms with Gasteiger partial charge >= 0.3 is 0 Å². The van der Waals surface area contributed by atoms with Crippen molar-refractivity contribution in [2.24, 2.45) is 9.98 Å². The van der Waals surface area contributed by atoms with Gasteiger partial charge in [-0.25, -0.2) is 4.99 Å². The maximum atomic E-state index is 12.7. The highest BCUT2D eigenvalue weighted by Crippen LogP contribution is 2.36. The topological polar surface area (TPSA) is 128 Å². The maximum absolute atomic E-state index is 12.7. The second kappa shape index (κ2) is 15.0. The number of aromatic nitrogens is 1. The number of rotatable bonds is 8. The summed E-state index contributed by atoms with van der Waals surface area (Å²) >= 11 is 0. The Morgan fingerprint density at radius 3 is 2.50 bits per heavy atom. The molecule has 1 aromatic heterocycles. The summed E-state index contributed by atoms with van der Waals surface area (Å²) in [5, 5.41) is 17.5. The van der Waals surface area contributed by atoms with Crippen molar-refractivity contribution in [3.8, 4) is 5.75 Å². The molecule has 0 saturated heterocycles. The van der Waals surface area contributed by atoms with E-state index >= 15 is 0 Å². The number of aromatic hydroxyl groups is 1. The molecule has 12 heteroatoms. The molecule has 0 aliphatic carbocycles. The number of benzene rings is 1. The average molecular weight is 563 g/mol. The minimum atomic E-state index is -0.577. The number of nitrogen functional groups attached to an aromatic ring is 1. The molecule has 0 saturated carbocycles. The third-order valence-corrected chi connectivity index (χ3v) is 5.89. The van der Waals surface area contributed by atoms with Crippen LogP contribution in [0.5, 0.6) is 5.75 Å². The number of nitrogens with zero attached hydrogens (tertiary/aromatic N) is 4. The maximum Gasteiger partial charge on any atom is 0.222 e. The van der Waals surface area contributed by atoms with Crippen molar-refractivity contribution in [1.82, 2.24) is 15.2 Å². The number of pyridine rings is 1. The molecule has 1 aliphatic rings. The lowest BCUT2D eigenvalue weighted by atomic mass is 10.1. The molecule has 0 radical (unpaired) electrons. The molecule has 0 bridgehead atoms. The molecule has 9 nitrogen and oxygen atoms in total. The molecule has 0 amide bonds. The Hall–Kier alpha value is -2.33. The Morgan fingerprint density at radius 2 is 1.86 bits per heavy atom. The number of Topliss-reactive ketones (excluding diaryl/α,β-unsaturated/α-hetero) is 1. The van der Waals surface area contributed by atoms with E-state index in [2.05, 4.69) is 51.3 Å². The normalized spacial score (nSPS) is 15.7. The number of aryl methyl sites for hydroxylation is 1. The molecular formula is C24H38Cl3N7O2. The first kappa shape index (κ1) is 33.7. The monoisotopic (exact) mass is 561 g/mol. The fourth-order valence-corrected chi connectivity index (χ4v) is 3.95. The van der Waals surface area contributed by atoms with Gasteiger partial charge in [0.1, 0.15) is 6.04 Å². The fraction of sp³-hybridized carbons (Fsp3) is 0.500. The molecule has 0 fully saturated rings. The number of phenols is 1. The van der Waals surface area contributed by atoms with Crippen molar-refractivity contribution < 1.29 is 9.90 Å². The molecule has 5 N–H and O–H groups in total. The van der Waals surface area contributed by atoms with E-state index in [0.717, 1.165) is 38.2 Å². The van der Waals surface area contributed by atoms with Gasteiger partial charge in [-0.05, 0) is 71.4 Å². The van der Waals surface area contributed by atoms with Crippen LogP contribution in [-0.4, -0.2) is 64.3 Å². The largest absolute Gasteiger partial charge is 0.505 e. The van der Waals surface area contributed by atoms with Crippen LogP contribution in [0.1, 0.15) is 46.2 Å². The smallest absolute Gasteiger partial charge is 0.222 e. The van der Waals surface area contributed by atoms with Crippen LogP contribution in [-0.2, 0) is 4.79 Å². The summed E-state index contributed by atoms with van der Waals surface area (Å²) in [5.41, 5.74) is 8.22. The van der Waals surface area contributed by atoms with Crippen LogP contribution in [0.15, 0.2) is 28.2 Å². The van der Waals surface area contributed by atoms with Gasteiger partial charge in [0.2, 0.25) is 11.7 Å². The summed E-state index contributed by atoms with van der Waals surface area (Å²) in [6, 6.07) is 4.70. The SMILES string of the molecule is CCN(CC)CCCC(C)NC1=NC(C)C(=O)C(Nc2ccc3nc(C)cc(N)c3c2O)=N1.Cl.Cl.Cl. The third kappa shape index (κ3) is 8.09. The summed E-state index contributed by atoms with van der Waals surface area (Å²) in [6.45, 7) is 13.1. The number of hydrogen-bond donors (Lipinski definition) is 4. The Bertz CT molecular complexity index is 1090. The zero-order chi connectivity index (χ0) is 24.1. The molecular weight excluding hydrogens is 525 g/mol. The lowest BCUT2D eigenvalue weighted by Gasteiger charge is -2.22. The molecule has 202 valence electrons. The van der Waals surface area contributed by atoms with Gasteiger partial charge in [0.15, 0.2) is 11.6 Å². The van der Waals surface area contributed by atoms with Crippen molar-refractivity contribution in [3.63, 3.8) is 0 Å². The van der Waals surface area contributed by atoms with E-state index in [1.165, 1.54) is 0 Å².